The minimum atomic E-state index is -2.05. The van der Waals surface area contributed by atoms with E-state index in [-0.39, 0.29) is 22.7 Å². The molecule has 1 unspecified atom stereocenters. The fraction of sp³-hybridized carbons (Fsp3) is 0.486. The third kappa shape index (κ3) is 9.02. The molecule has 1 aliphatic heterocycles. The van der Waals surface area contributed by atoms with Crippen molar-refractivity contribution in [2.45, 2.75) is 105 Å². The summed E-state index contributed by atoms with van der Waals surface area (Å²) in [6, 6.07) is 11.4. The summed E-state index contributed by atoms with van der Waals surface area (Å²) >= 11 is -2.05. The molecule has 0 bridgehead atoms. The Kier molecular flexibility index (Phi) is 12.2. The maximum Gasteiger partial charge on any atom is 0.00420 e. The molecule has 238 valence electrons. The zero-order valence-corrected chi connectivity index (χ0v) is 30.2. The molecule has 2 atom stereocenters. The molecule has 1 heterocycles. The summed E-state index contributed by atoms with van der Waals surface area (Å²) in [4.78, 5) is 12.9. The molecular formula is C35H47Cl2N2O3Ru-. The van der Waals surface area contributed by atoms with Gasteiger partial charge in [-0.1, -0.05) is 67.8 Å². The van der Waals surface area contributed by atoms with Crippen molar-refractivity contribution in [1.82, 2.24) is 4.90 Å². The number of benzene rings is 2. The Balaban J connectivity index is 0.000000259. The normalized spacial score (nSPS) is 21.4. The van der Waals surface area contributed by atoms with Crippen molar-refractivity contribution < 1.29 is 23.2 Å². The molecule has 0 saturated carbocycles. The molecule has 2 aromatic carbocycles. The van der Waals surface area contributed by atoms with E-state index in [4.69, 9.17) is 24.1 Å². The van der Waals surface area contributed by atoms with Crippen molar-refractivity contribution in [3.05, 3.63) is 98.7 Å². The van der Waals surface area contributed by atoms with Crippen molar-refractivity contribution in [3.8, 4) is 5.75 Å². The number of hydrogen-bond acceptors (Lipinski definition) is 4. The van der Waals surface area contributed by atoms with Gasteiger partial charge >= 0.3 is 112 Å². The first-order valence-electron chi connectivity index (χ1n) is 15.0. The van der Waals surface area contributed by atoms with Crippen molar-refractivity contribution in [3.63, 3.8) is 0 Å². The van der Waals surface area contributed by atoms with E-state index in [1.807, 2.05) is 13.8 Å². The second-order valence-corrected chi connectivity index (χ2v) is 18.5. The number of hydrogen-bond donors (Lipinski definition) is 0. The molecule has 4 rings (SSSR count). The first-order valence-corrected chi connectivity index (χ1v) is 20.5. The summed E-state index contributed by atoms with van der Waals surface area (Å²) in [7, 11) is 11.6. The van der Waals surface area contributed by atoms with E-state index < -0.39 is 18.4 Å². The number of nitro groups is 1. The Morgan fingerprint density at radius 3 is 2.33 bits per heavy atom. The van der Waals surface area contributed by atoms with Gasteiger partial charge in [0.15, 0.2) is 0 Å². The number of allylic oxidation sites excluding steroid dienone is 4. The Labute approximate surface area is 272 Å². The van der Waals surface area contributed by atoms with Crippen molar-refractivity contribution >= 4 is 29.7 Å². The molecule has 2 aliphatic rings. The first-order chi connectivity index (χ1) is 20.1. The first kappa shape index (κ1) is 35.5. The van der Waals surface area contributed by atoms with Gasteiger partial charge in [-0.15, -0.1) is 5.41 Å². The van der Waals surface area contributed by atoms with E-state index in [1.165, 1.54) is 47.2 Å². The second-order valence-electron chi connectivity index (χ2n) is 12.7. The van der Waals surface area contributed by atoms with Gasteiger partial charge < -0.3 is 4.90 Å². The molecule has 8 heteroatoms. The molecule has 0 spiro atoms. The smallest absolute Gasteiger partial charge is 0.00420 e. The largest absolute Gasteiger partial charge is 0.520 e. The van der Waals surface area contributed by atoms with Gasteiger partial charge in [0.05, 0.1) is 0 Å². The molecule has 0 radical (unpaired) electrons. The number of ether oxygens (including phenoxy) is 1. The number of halogens is 2. The molecule has 1 saturated heterocycles. The molecule has 0 amide bonds. The third-order valence-electron chi connectivity index (χ3n) is 8.09. The molecule has 0 aromatic heterocycles. The number of nitro benzene ring substituents is 1. The summed E-state index contributed by atoms with van der Waals surface area (Å²) in [5, 5.41) is 10.7. The van der Waals surface area contributed by atoms with E-state index in [1.54, 1.807) is 16.4 Å². The van der Waals surface area contributed by atoms with E-state index in [0.29, 0.717) is 17.2 Å². The Morgan fingerprint density at radius 1 is 1.14 bits per heavy atom. The van der Waals surface area contributed by atoms with Crippen LogP contribution in [0.1, 0.15) is 96.4 Å². The number of nitrogens with zero attached hydrogens (tertiary/aromatic N) is 2. The topological polar surface area (TPSA) is 55.6 Å². The maximum absolute atomic E-state index is 10.7. The van der Waals surface area contributed by atoms with Crippen LogP contribution in [0.2, 0.25) is 0 Å². The van der Waals surface area contributed by atoms with Gasteiger partial charge in [-0.2, -0.15) is 0 Å². The molecule has 2 aromatic rings. The standard InChI is InChI=1S/C25H36N.C10H11NO3.2ClH.Ru/c1-8-20-11-10-12-21(9-2)23(20)26-17-25(7,16-24(26,5)6)22-14-18(3)13-19(4)15-22;1-7(2)14-10-5-4-9(11(12)13)6-8(10)3;;;/h10-11,13-15,17,21H,8-9,12,16H2,1-7H3;3-7H,1-2H3;2*1H;/q-1;;;;+2/p-2/t21-,25?;;;;/m1..../s1. The fourth-order valence-electron chi connectivity index (χ4n) is 6.38. The predicted octanol–water partition coefficient (Wildman–Crippen LogP) is 10.3. The quantitative estimate of drug-likeness (QED) is 0.118. The zero-order chi connectivity index (χ0) is 32.1. The number of non-ortho nitro benzene ring substituents is 1. The zero-order valence-electron chi connectivity index (χ0n) is 27.0. The van der Waals surface area contributed by atoms with Gasteiger partial charge in [-0.25, -0.2) is 6.54 Å². The van der Waals surface area contributed by atoms with Crippen LogP contribution in [-0.4, -0.2) is 26.1 Å². The minimum absolute atomic E-state index is 0.00360. The van der Waals surface area contributed by atoms with Gasteiger partial charge in [-0.05, 0) is 70.6 Å². The third-order valence-corrected chi connectivity index (χ3v) is 9.92. The monoisotopic (exact) mass is 715 g/mol. The summed E-state index contributed by atoms with van der Waals surface area (Å²) in [5.41, 5.74) is 8.11. The molecular weight excluding hydrogens is 668 g/mol. The SMILES string of the molecule is CC(C)Oc1ccc([N+](=O)[O-])cc1[CH]=[Ru]([Cl])[Cl].CCC1=C(N2[CH-]C(C)(c3cc(C)cc(C)c3)CC2(C)C)[C@H](CC)CC=C1. The van der Waals surface area contributed by atoms with E-state index in [2.05, 4.69) is 90.3 Å². The van der Waals surface area contributed by atoms with Crippen LogP contribution in [0.25, 0.3) is 0 Å². The average molecular weight is 716 g/mol. The van der Waals surface area contributed by atoms with Gasteiger partial charge in [0.1, 0.15) is 0 Å². The van der Waals surface area contributed by atoms with Crippen LogP contribution in [0.5, 0.6) is 5.75 Å². The van der Waals surface area contributed by atoms with Gasteiger partial charge in [-0.3, -0.25) is 0 Å². The summed E-state index contributed by atoms with van der Waals surface area (Å²) in [6.45, 7) is 22.6. The molecule has 1 aliphatic carbocycles. The molecule has 1 fully saturated rings. The summed E-state index contributed by atoms with van der Waals surface area (Å²) in [5.74, 6) is 1.21. The van der Waals surface area contributed by atoms with Crippen molar-refractivity contribution in [2.24, 2.45) is 5.92 Å². The molecule has 0 N–H and O–H groups in total. The summed E-state index contributed by atoms with van der Waals surface area (Å²) < 4.78 is 7.17. The van der Waals surface area contributed by atoms with Crippen molar-refractivity contribution in [1.29, 1.82) is 0 Å². The Hall–Kier alpha value is -2.01. The summed E-state index contributed by atoms with van der Waals surface area (Å²) in [6.07, 6.45) is 9.39. The van der Waals surface area contributed by atoms with E-state index >= 15 is 0 Å². The Morgan fingerprint density at radius 2 is 1.79 bits per heavy atom. The maximum atomic E-state index is 10.7. The minimum Gasteiger partial charge on any atom is -0.520 e. The fourth-order valence-corrected chi connectivity index (χ4v) is 8.17. The van der Waals surface area contributed by atoms with Crippen LogP contribution in [0.3, 0.4) is 0 Å². The van der Waals surface area contributed by atoms with Crippen LogP contribution >= 0.6 is 19.4 Å². The van der Waals surface area contributed by atoms with Gasteiger partial charge in [0, 0.05) is 5.54 Å². The van der Waals surface area contributed by atoms with Crippen LogP contribution in [0.15, 0.2) is 59.8 Å². The molecule has 43 heavy (non-hydrogen) atoms. The van der Waals surface area contributed by atoms with Gasteiger partial charge in [0.2, 0.25) is 0 Å². The van der Waals surface area contributed by atoms with E-state index in [9.17, 15) is 10.1 Å². The number of rotatable bonds is 8. The second kappa shape index (κ2) is 14.8. The van der Waals surface area contributed by atoms with Gasteiger partial charge in [0.25, 0.3) is 0 Å². The van der Waals surface area contributed by atoms with Crippen LogP contribution in [0.4, 0.5) is 5.69 Å². The van der Waals surface area contributed by atoms with Crippen LogP contribution in [0, 0.1) is 36.4 Å². The van der Waals surface area contributed by atoms with E-state index in [0.717, 1.165) is 12.8 Å². The number of aryl methyl sites for hydroxylation is 2. The van der Waals surface area contributed by atoms with Crippen molar-refractivity contribution in [2.75, 3.05) is 0 Å². The molecule has 5 nitrogen and oxygen atoms in total. The predicted molar refractivity (Wildman–Crippen MR) is 179 cm³/mol. The van der Waals surface area contributed by atoms with Crippen LogP contribution < -0.4 is 4.74 Å². The number of likely N-dealkylation sites (tertiary alicyclic amines) is 1. The average Bonchev–Trinajstić information content (AvgIpc) is 3.17. The Bertz CT molecular complexity index is 1390. The van der Waals surface area contributed by atoms with Crippen LogP contribution in [-0.2, 0) is 18.9 Å².